The number of hydrogen-bond donors (Lipinski definition) is 1. The molecule has 1 atom stereocenters. The van der Waals surface area contributed by atoms with Crippen molar-refractivity contribution in [3.8, 4) is 11.8 Å². The van der Waals surface area contributed by atoms with Crippen LogP contribution in [0.1, 0.15) is 37.4 Å². The van der Waals surface area contributed by atoms with Gasteiger partial charge in [0.1, 0.15) is 0 Å². The maximum atomic E-state index is 3.21. The summed E-state index contributed by atoms with van der Waals surface area (Å²) >= 11 is 0. The summed E-state index contributed by atoms with van der Waals surface area (Å²) in [6.07, 6.45) is 0.911. The first-order chi connectivity index (χ1) is 6.77. The van der Waals surface area contributed by atoms with Gasteiger partial charge in [-0.3, -0.25) is 0 Å². The zero-order valence-electron chi connectivity index (χ0n) is 9.09. The summed E-state index contributed by atoms with van der Waals surface area (Å²) in [5, 5.41) is 3.21. The average molecular weight is 187 g/mol. The van der Waals surface area contributed by atoms with Crippen LogP contribution in [0.5, 0.6) is 0 Å². The van der Waals surface area contributed by atoms with Crippen LogP contribution >= 0.6 is 0 Å². The van der Waals surface area contributed by atoms with Gasteiger partial charge in [-0.2, -0.15) is 0 Å². The molecule has 0 spiro atoms. The molecule has 1 heteroatoms. The Morgan fingerprint density at radius 3 is 2.43 bits per heavy atom. The van der Waals surface area contributed by atoms with Gasteiger partial charge in [0.2, 0.25) is 0 Å². The molecule has 74 valence electrons. The average Bonchev–Trinajstić information content (AvgIpc) is 2.26. The van der Waals surface area contributed by atoms with Crippen molar-refractivity contribution in [2.24, 2.45) is 0 Å². The first-order valence-electron chi connectivity index (χ1n) is 5.04. The number of nitrogens with one attached hydrogen (secondary N) is 1. The molecule has 14 heavy (non-hydrogen) atoms. The van der Waals surface area contributed by atoms with Crippen molar-refractivity contribution in [3.05, 3.63) is 35.4 Å². The Hall–Kier alpha value is -1.26. The Labute approximate surface area is 86.5 Å². The second kappa shape index (κ2) is 5.47. The largest absolute Gasteiger partial charge is 0.313 e. The van der Waals surface area contributed by atoms with E-state index in [1.54, 1.807) is 0 Å². The number of hydrogen-bond acceptors (Lipinski definition) is 1. The maximum Gasteiger partial charge on any atom is 0.0289 e. The third-order valence-electron chi connectivity index (χ3n) is 2.25. The highest BCUT2D eigenvalue weighted by Crippen LogP contribution is 2.11. The van der Waals surface area contributed by atoms with Crippen LogP contribution in [0.2, 0.25) is 0 Å². The predicted molar refractivity (Wildman–Crippen MR) is 61.1 cm³/mol. The van der Waals surface area contributed by atoms with Crippen molar-refractivity contribution in [1.29, 1.82) is 0 Å². The molecule has 0 aliphatic rings. The highest BCUT2D eigenvalue weighted by Gasteiger charge is 2.00. The van der Waals surface area contributed by atoms with E-state index in [9.17, 15) is 0 Å². The Bertz CT molecular complexity index is 326. The first-order valence-corrected chi connectivity index (χ1v) is 5.04. The molecule has 0 bridgehead atoms. The van der Waals surface area contributed by atoms with Crippen LogP contribution in [0, 0.1) is 11.8 Å². The molecule has 0 fully saturated rings. The van der Waals surface area contributed by atoms with Gasteiger partial charge in [0.25, 0.3) is 0 Å². The van der Waals surface area contributed by atoms with E-state index in [0.717, 1.165) is 12.0 Å². The Morgan fingerprint density at radius 1 is 1.29 bits per heavy atom. The van der Waals surface area contributed by atoms with Crippen LogP contribution in [0.3, 0.4) is 0 Å². The molecule has 1 N–H and O–H groups in total. The predicted octanol–water partition coefficient (Wildman–Crippen LogP) is 2.73. The fraction of sp³-hybridized carbons (Fsp3) is 0.385. The highest BCUT2D eigenvalue weighted by atomic mass is 14.8. The van der Waals surface area contributed by atoms with Crippen LogP contribution in [-0.4, -0.2) is 7.05 Å². The van der Waals surface area contributed by atoms with Crippen LogP contribution in [0.25, 0.3) is 0 Å². The van der Waals surface area contributed by atoms with E-state index >= 15 is 0 Å². The molecule has 1 aromatic carbocycles. The van der Waals surface area contributed by atoms with Crippen molar-refractivity contribution >= 4 is 0 Å². The van der Waals surface area contributed by atoms with Gasteiger partial charge in [0.15, 0.2) is 0 Å². The lowest BCUT2D eigenvalue weighted by atomic mass is 10.1. The van der Waals surface area contributed by atoms with Crippen LogP contribution in [-0.2, 0) is 0 Å². The molecule has 0 saturated carbocycles. The minimum Gasteiger partial charge on any atom is -0.313 e. The summed E-state index contributed by atoms with van der Waals surface area (Å²) in [7, 11) is 1.97. The molecule has 0 radical (unpaired) electrons. The van der Waals surface area contributed by atoms with Gasteiger partial charge < -0.3 is 5.32 Å². The quantitative estimate of drug-likeness (QED) is 0.702. The zero-order valence-corrected chi connectivity index (χ0v) is 9.09. The topological polar surface area (TPSA) is 12.0 Å². The standard InChI is InChI=1S/C13H17N/c1-4-5-6-12-7-9-13(10-8-12)11(2)14-3/h7-11,14H,4H2,1-3H3. The van der Waals surface area contributed by atoms with Crippen molar-refractivity contribution in [1.82, 2.24) is 5.32 Å². The molecule has 0 heterocycles. The van der Waals surface area contributed by atoms with Gasteiger partial charge in [-0.05, 0) is 31.7 Å². The van der Waals surface area contributed by atoms with Gasteiger partial charge in [0.05, 0.1) is 0 Å². The summed E-state index contributed by atoms with van der Waals surface area (Å²) in [4.78, 5) is 0. The molecule has 1 unspecified atom stereocenters. The van der Waals surface area contributed by atoms with E-state index in [1.165, 1.54) is 5.56 Å². The van der Waals surface area contributed by atoms with Crippen LogP contribution < -0.4 is 5.32 Å². The molecule has 0 amide bonds. The van der Waals surface area contributed by atoms with Crippen LogP contribution in [0.4, 0.5) is 0 Å². The molecule has 0 aliphatic carbocycles. The molecule has 0 saturated heterocycles. The number of benzene rings is 1. The summed E-state index contributed by atoms with van der Waals surface area (Å²) in [6, 6.07) is 8.81. The van der Waals surface area contributed by atoms with Crippen LogP contribution in [0.15, 0.2) is 24.3 Å². The van der Waals surface area contributed by atoms with Crippen molar-refractivity contribution < 1.29 is 0 Å². The summed E-state index contributed by atoms with van der Waals surface area (Å²) in [5.41, 5.74) is 2.40. The van der Waals surface area contributed by atoms with E-state index in [1.807, 2.05) is 7.05 Å². The summed E-state index contributed by atoms with van der Waals surface area (Å²) in [6.45, 7) is 4.21. The van der Waals surface area contributed by atoms with Gasteiger partial charge in [0, 0.05) is 18.0 Å². The van der Waals surface area contributed by atoms with Crippen molar-refractivity contribution in [2.45, 2.75) is 26.3 Å². The van der Waals surface area contributed by atoms with Gasteiger partial charge in [-0.15, -0.1) is 0 Å². The molecular weight excluding hydrogens is 170 g/mol. The molecule has 1 aromatic rings. The summed E-state index contributed by atoms with van der Waals surface area (Å²) in [5.74, 6) is 6.17. The third-order valence-corrected chi connectivity index (χ3v) is 2.25. The van der Waals surface area contributed by atoms with E-state index in [0.29, 0.717) is 6.04 Å². The third kappa shape index (κ3) is 2.90. The monoisotopic (exact) mass is 187 g/mol. The number of rotatable bonds is 2. The second-order valence-corrected chi connectivity index (χ2v) is 3.29. The lowest BCUT2D eigenvalue weighted by Crippen LogP contribution is -2.11. The van der Waals surface area contributed by atoms with E-state index in [2.05, 4.69) is 55.3 Å². The van der Waals surface area contributed by atoms with E-state index in [-0.39, 0.29) is 0 Å². The maximum absolute atomic E-state index is 3.21. The molecule has 1 rings (SSSR count). The molecular formula is C13H17N. The summed E-state index contributed by atoms with van der Waals surface area (Å²) < 4.78 is 0. The van der Waals surface area contributed by atoms with Gasteiger partial charge in [-0.25, -0.2) is 0 Å². The zero-order chi connectivity index (χ0) is 10.4. The fourth-order valence-electron chi connectivity index (χ4n) is 1.21. The van der Waals surface area contributed by atoms with E-state index in [4.69, 9.17) is 0 Å². The Morgan fingerprint density at radius 2 is 1.93 bits per heavy atom. The second-order valence-electron chi connectivity index (χ2n) is 3.29. The highest BCUT2D eigenvalue weighted by molar-refractivity contribution is 5.36. The Balaban J connectivity index is 2.78. The minimum atomic E-state index is 0.406. The lowest BCUT2D eigenvalue weighted by Gasteiger charge is -2.09. The first kappa shape index (κ1) is 10.8. The van der Waals surface area contributed by atoms with Crippen molar-refractivity contribution in [2.75, 3.05) is 7.05 Å². The van der Waals surface area contributed by atoms with Gasteiger partial charge >= 0.3 is 0 Å². The minimum absolute atomic E-state index is 0.406. The van der Waals surface area contributed by atoms with E-state index < -0.39 is 0 Å². The fourth-order valence-corrected chi connectivity index (χ4v) is 1.21. The smallest absolute Gasteiger partial charge is 0.0289 e. The van der Waals surface area contributed by atoms with Gasteiger partial charge in [-0.1, -0.05) is 30.9 Å². The normalized spacial score (nSPS) is 11.6. The molecule has 1 nitrogen and oxygen atoms in total. The molecule has 0 aromatic heterocycles. The van der Waals surface area contributed by atoms with Crippen molar-refractivity contribution in [3.63, 3.8) is 0 Å². The molecule has 0 aliphatic heterocycles. The lowest BCUT2D eigenvalue weighted by molar-refractivity contribution is 0.652. The Kier molecular flexibility index (Phi) is 4.22. The SMILES string of the molecule is CCC#Cc1ccc(C(C)NC)cc1.